The molecule has 1 aromatic carbocycles. The average Bonchev–Trinajstić information content (AvgIpc) is 2.82. The van der Waals surface area contributed by atoms with Crippen molar-refractivity contribution in [3.63, 3.8) is 0 Å². The van der Waals surface area contributed by atoms with Crippen molar-refractivity contribution in [3.8, 4) is 0 Å². The van der Waals surface area contributed by atoms with Crippen LogP contribution in [0.4, 0.5) is 5.69 Å². The Balaban J connectivity index is 2.13. The Morgan fingerprint density at radius 1 is 1.21 bits per heavy atom. The molecule has 0 unspecified atom stereocenters. The molecule has 0 aliphatic carbocycles. The summed E-state index contributed by atoms with van der Waals surface area (Å²) in [7, 11) is 0. The van der Waals surface area contributed by atoms with Crippen molar-refractivity contribution < 1.29 is 4.79 Å². The second-order valence-electron chi connectivity index (χ2n) is 4.69. The molecular formula is C16H19NOS. The lowest BCUT2D eigenvalue weighted by atomic mass is 10.2. The van der Waals surface area contributed by atoms with Gasteiger partial charge in [0.1, 0.15) is 0 Å². The first-order valence-corrected chi connectivity index (χ1v) is 7.33. The number of hydrogen-bond acceptors (Lipinski definition) is 3. The highest BCUT2D eigenvalue weighted by atomic mass is 32.1. The third kappa shape index (κ3) is 3.44. The lowest BCUT2D eigenvalue weighted by molar-refractivity contribution is 0.100. The smallest absolute Gasteiger partial charge is 0.191 e. The van der Waals surface area contributed by atoms with Crippen molar-refractivity contribution in [1.29, 1.82) is 0 Å². The predicted molar refractivity (Wildman–Crippen MR) is 82.5 cm³/mol. The maximum absolute atomic E-state index is 12.3. The van der Waals surface area contributed by atoms with E-state index in [1.165, 1.54) is 10.4 Å². The van der Waals surface area contributed by atoms with Crippen molar-refractivity contribution in [2.75, 3.05) is 18.0 Å². The van der Waals surface area contributed by atoms with E-state index in [1.54, 1.807) is 11.3 Å². The molecule has 0 atom stereocenters. The molecule has 2 aromatic rings. The normalized spacial score (nSPS) is 10.5. The molecule has 0 saturated heterocycles. The summed E-state index contributed by atoms with van der Waals surface area (Å²) in [5, 5.41) is 0. The highest BCUT2D eigenvalue weighted by Gasteiger charge is 2.13. The number of likely N-dealkylation sites (N-methyl/N-ethyl adjacent to an activating group) is 1. The monoisotopic (exact) mass is 273 g/mol. The van der Waals surface area contributed by atoms with E-state index in [2.05, 4.69) is 36.9 Å². The minimum atomic E-state index is 0.196. The number of carbonyl (C=O) groups is 1. The standard InChI is InChI=1S/C16H19NOS/c1-4-17(14-7-5-6-12(2)10-14)11-15(18)16-9-8-13(3)19-16/h5-10H,4,11H2,1-3H3. The fourth-order valence-electron chi connectivity index (χ4n) is 2.05. The quantitative estimate of drug-likeness (QED) is 0.765. The number of thiophene rings is 1. The maximum Gasteiger partial charge on any atom is 0.191 e. The molecule has 0 aliphatic heterocycles. The van der Waals surface area contributed by atoms with E-state index in [9.17, 15) is 4.79 Å². The number of rotatable bonds is 5. The average molecular weight is 273 g/mol. The Kier molecular flexibility index (Phi) is 4.38. The first kappa shape index (κ1) is 13.8. The summed E-state index contributed by atoms with van der Waals surface area (Å²) in [6, 6.07) is 12.2. The number of Topliss-reactive ketones (excluding diaryl/α,β-unsaturated/α-hetero) is 1. The molecule has 0 bridgehead atoms. The van der Waals surface area contributed by atoms with Crippen LogP contribution in [-0.4, -0.2) is 18.9 Å². The highest BCUT2D eigenvalue weighted by Crippen LogP contribution is 2.19. The molecule has 0 saturated carbocycles. The third-order valence-corrected chi connectivity index (χ3v) is 4.14. The van der Waals surface area contributed by atoms with Crippen LogP contribution in [0.2, 0.25) is 0 Å². The Labute approximate surface area is 118 Å². The molecule has 0 N–H and O–H groups in total. The molecule has 0 fully saturated rings. The number of hydrogen-bond donors (Lipinski definition) is 0. The van der Waals surface area contributed by atoms with Gasteiger partial charge >= 0.3 is 0 Å². The van der Waals surface area contributed by atoms with Crippen molar-refractivity contribution in [2.24, 2.45) is 0 Å². The first-order chi connectivity index (χ1) is 9.10. The topological polar surface area (TPSA) is 20.3 Å². The molecule has 2 nitrogen and oxygen atoms in total. The van der Waals surface area contributed by atoms with Crippen LogP contribution < -0.4 is 4.90 Å². The van der Waals surface area contributed by atoms with Crippen molar-refractivity contribution in [3.05, 3.63) is 51.7 Å². The summed E-state index contributed by atoms with van der Waals surface area (Å²) < 4.78 is 0. The fraction of sp³-hybridized carbons (Fsp3) is 0.312. The number of anilines is 1. The fourth-order valence-corrected chi connectivity index (χ4v) is 2.84. The number of ketones is 1. The largest absolute Gasteiger partial charge is 0.364 e. The summed E-state index contributed by atoms with van der Waals surface area (Å²) in [6.07, 6.45) is 0. The molecular weight excluding hydrogens is 254 g/mol. The van der Waals surface area contributed by atoms with Crippen molar-refractivity contribution in [1.82, 2.24) is 0 Å². The van der Waals surface area contributed by atoms with Crippen molar-refractivity contribution >= 4 is 22.8 Å². The van der Waals surface area contributed by atoms with Gasteiger partial charge in [0, 0.05) is 17.1 Å². The molecule has 0 spiro atoms. The minimum Gasteiger partial charge on any atom is -0.364 e. The SMILES string of the molecule is CCN(CC(=O)c1ccc(C)s1)c1cccc(C)c1. The van der Waals surface area contributed by atoms with Crippen LogP contribution in [0.5, 0.6) is 0 Å². The van der Waals surface area contributed by atoms with E-state index in [-0.39, 0.29) is 5.78 Å². The molecule has 0 aliphatic rings. The highest BCUT2D eigenvalue weighted by molar-refractivity contribution is 7.14. The molecule has 19 heavy (non-hydrogen) atoms. The van der Waals surface area contributed by atoms with Gasteiger partial charge in [0.15, 0.2) is 5.78 Å². The van der Waals surface area contributed by atoms with Gasteiger partial charge in [-0.05, 0) is 50.6 Å². The molecule has 1 heterocycles. The molecule has 3 heteroatoms. The minimum absolute atomic E-state index is 0.196. The zero-order chi connectivity index (χ0) is 13.8. The zero-order valence-electron chi connectivity index (χ0n) is 11.6. The van der Waals surface area contributed by atoms with E-state index < -0.39 is 0 Å². The van der Waals surface area contributed by atoms with Crippen LogP contribution in [0.15, 0.2) is 36.4 Å². The second-order valence-corrected chi connectivity index (χ2v) is 5.97. The Hall–Kier alpha value is -1.61. The van der Waals surface area contributed by atoms with Gasteiger partial charge in [0.25, 0.3) is 0 Å². The Bertz CT molecular complexity index is 574. The first-order valence-electron chi connectivity index (χ1n) is 6.51. The number of benzene rings is 1. The van der Waals surface area contributed by atoms with Gasteiger partial charge in [-0.25, -0.2) is 0 Å². The molecule has 2 rings (SSSR count). The van der Waals surface area contributed by atoms with Gasteiger partial charge in [0.05, 0.1) is 11.4 Å². The Morgan fingerprint density at radius 2 is 2.00 bits per heavy atom. The summed E-state index contributed by atoms with van der Waals surface area (Å²) in [5.41, 5.74) is 2.33. The molecule has 0 amide bonds. The van der Waals surface area contributed by atoms with Crippen LogP contribution in [-0.2, 0) is 0 Å². The van der Waals surface area contributed by atoms with Gasteiger partial charge in [-0.3, -0.25) is 4.79 Å². The molecule has 0 radical (unpaired) electrons. The van der Waals surface area contributed by atoms with Crippen molar-refractivity contribution in [2.45, 2.75) is 20.8 Å². The van der Waals surface area contributed by atoms with Crippen LogP contribution in [0.3, 0.4) is 0 Å². The van der Waals surface area contributed by atoms with E-state index in [1.807, 2.05) is 25.1 Å². The van der Waals surface area contributed by atoms with E-state index in [0.717, 1.165) is 17.1 Å². The van der Waals surface area contributed by atoms with Gasteiger partial charge in [-0.15, -0.1) is 11.3 Å². The molecule has 1 aromatic heterocycles. The lowest BCUT2D eigenvalue weighted by Gasteiger charge is -2.22. The van der Waals surface area contributed by atoms with Gasteiger partial charge in [-0.2, -0.15) is 0 Å². The van der Waals surface area contributed by atoms with Crippen LogP contribution in [0.25, 0.3) is 0 Å². The zero-order valence-corrected chi connectivity index (χ0v) is 12.5. The lowest BCUT2D eigenvalue weighted by Crippen LogP contribution is -2.29. The van der Waals surface area contributed by atoms with Gasteiger partial charge in [0.2, 0.25) is 0 Å². The maximum atomic E-state index is 12.3. The molecule has 100 valence electrons. The Morgan fingerprint density at radius 3 is 2.58 bits per heavy atom. The second kappa shape index (κ2) is 6.02. The summed E-state index contributed by atoms with van der Waals surface area (Å²) in [6.45, 7) is 7.45. The van der Waals surface area contributed by atoms with Crippen LogP contribution in [0, 0.1) is 13.8 Å². The van der Waals surface area contributed by atoms with E-state index >= 15 is 0 Å². The predicted octanol–water partition coefficient (Wildman–Crippen LogP) is 4.07. The van der Waals surface area contributed by atoms with Crippen LogP contribution >= 0.6 is 11.3 Å². The summed E-state index contributed by atoms with van der Waals surface area (Å²) >= 11 is 1.57. The van der Waals surface area contributed by atoms with E-state index in [0.29, 0.717) is 6.54 Å². The van der Waals surface area contributed by atoms with E-state index in [4.69, 9.17) is 0 Å². The number of carbonyl (C=O) groups excluding carboxylic acids is 1. The van der Waals surface area contributed by atoms with Gasteiger partial charge in [-0.1, -0.05) is 12.1 Å². The number of nitrogens with zero attached hydrogens (tertiary/aromatic N) is 1. The van der Waals surface area contributed by atoms with Gasteiger partial charge < -0.3 is 4.90 Å². The summed E-state index contributed by atoms with van der Waals surface area (Å²) in [5.74, 6) is 0.196. The van der Waals surface area contributed by atoms with Crippen LogP contribution in [0.1, 0.15) is 27.0 Å². The number of aryl methyl sites for hydroxylation is 2. The summed E-state index contributed by atoms with van der Waals surface area (Å²) in [4.78, 5) is 16.4. The third-order valence-electron chi connectivity index (χ3n) is 3.10.